The lowest BCUT2D eigenvalue weighted by molar-refractivity contribution is 0.0767. The van der Waals surface area contributed by atoms with E-state index < -0.39 is 0 Å². The van der Waals surface area contributed by atoms with Crippen LogP contribution in [0.15, 0.2) is 10.5 Å². The Kier molecular flexibility index (Phi) is 3.91. The topological polar surface area (TPSA) is 59.5 Å². The Bertz CT molecular complexity index is 344. The molecule has 0 fully saturated rings. The Morgan fingerprint density at radius 1 is 1.53 bits per heavy atom. The molecule has 0 saturated carbocycles. The standard InChI is InChI=1S/C11H18N2O2/c1-4-13(6-5-12)11(14)10-7-8(2)15-9(10)3/h7H,4-6,12H2,1-3H3. The monoisotopic (exact) mass is 210 g/mol. The number of rotatable bonds is 4. The lowest BCUT2D eigenvalue weighted by Crippen LogP contribution is -2.35. The van der Waals surface area contributed by atoms with Crippen LogP contribution in [0.1, 0.15) is 28.8 Å². The van der Waals surface area contributed by atoms with E-state index in [1.54, 1.807) is 17.9 Å². The second-order valence-corrected chi connectivity index (χ2v) is 3.50. The van der Waals surface area contributed by atoms with Crippen LogP contribution in [0.2, 0.25) is 0 Å². The highest BCUT2D eigenvalue weighted by molar-refractivity contribution is 5.95. The summed E-state index contributed by atoms with van der Waals surface area (Å²) in [7, 11) is 0. The van der Waals surface area contributed by atoms with Gasteiger partial charge in [0, 0.05) is 19.6 Å². The van der Waals surface area contributed by atoms with Crippen LogP contribution >= 0.6 is 0 Å². The highest BCUT2D eigenvalue weighted by Crippen LogP contribution is 2.15. The Balaban J connectivity index is 2.87. The first-order valence-corrected chi connectivity index (χ1v) is 5.16. The van der Waals surface area contributed by atoms with Crippen LogP contribution in [0.25, 0.3) is 0 Å². The molecule has 1 amide bonds. The van der Waals surface area contributed by atoms with Crippen molar-refractivity contribution in [2.45, 2.75) is 20.8 Å². The third kappa shape index (κ3) is 2.59. The molecule has 0 bridgehead atoms. The predicted molar refractivity (Wildman–Crippen MR) is 58.8 cm³/mol. The summed E-state index contributed by atoms with van der Waals surface area (Å²) in [5, 5.41) is 0. The number of nitrogens with two attached hydrogens (primary N) is 1. The summed E-state index contributed by atoms with van der Waals surface area (Å²) in [5.74, 6) is 1.44. The van der Waals surface area contributed by atoms with Crippen LogP contribution in [-0.2, 0) is 0 Å². The fourth-order valence-electron chi connectivity index (χ4n) is 1.57. The van der Waals surface area contributed by atoms with E-state index in [2.05, 4.69) is 0 Å². The van der Waals surface area contributed by atoms with E-state index in [0.29, 0.717) is 31.0 Å². The third-order valence-electron chi connectivity index (χ3n) is 2.34. The largest absolute Gasteiger partial charge is 0.466 e. The summed E-state index contributed by atoms with van der Waals surface area (Å²) in [4.78, 5) is 13.7. The number of hydrogen-bond donors (Lipinski definition) is 1. The van der Waals surface area contributed by atoms with Crippen molar-refractivity contribution in [1.82, 2.24) is 4.90 Å². The third-order valence-corrected chi connectivity index (χ3v) is 2.34. The maximum absolute atomic E-state index is 12.0. The number of furan rings is 1. The zero-order valence-electron chi connectivity index (χ0n) is 9.54. The van der Waals surface area contributed by atoms with E-state index in [4.69, 9.17) is 10.2 Å². The minimum Gasteiger partial charge on any atom is -0.466 e. The number of hydrogen-bond acceptors (Lipinski definition) is 3. The number of aryl methyl sites for hydroxylation is 2. The van der Waals surface area contributed by atoms with Crippen molar-refractivity contribution < 1.29 is 9.21 Å². The normalized spacial score (nSPS) is 10.4. The van der Waals surface area contributed by atoms with Crippen molar-refractivity contribution in [3.8, 4) is 0 Å². The van der Waals surface area contributed by atoms with Gasteiger partial charge in [-0.15, -0.1) is 0 Å². The molecule has 0 atom stereocenters. The molecule has 0 aliphatic rings. The molecular weight excluding hydrogens is 192 g/mol. The van der Waals surface area contributed by atoms with Crippen molar-refractivity contribution in [3.05, 3.63) is 23.2 Å². The van der Waals surface area contributed by atoms with Crippen molar-refractivity contribution in [2.24, 2.45) is 5.73 Å². The Labute approximate surface area is 90.0 Å². The molecule has 1 aromatic rings. The molecule has 0 radical (unpaired) electrons. The van der Waals surface area contributed by atoms with Gasteiger partial charge in [0.25, 0.3) is 5.91 Å². The maximum Gasteiger partial charge on any atom is 0.257 e. The molecule has 84 valence electrons. The van der Waals surface area contributed by atoms with Gasteiger partial charge in [0.05, 0.1) is 5.56 Å². The molecule has 0 aliphatic carbocycles. The molecule has 15 heavy (non-hydrogen) atoms. The van der Waals surface area contributed by atoms with Crippen LogP contribution in [0.4, 0.5) is 0 Å². The molecule has 0 unspecified atom stereocenters. The first kappa shape index (κ1) is 11.8. The van der Waals surface area contributed by atoms with Crippen molar-refractivity contribution in [3.63, 3.8) is 0 Å². The summed E-state index contributed by atoms with van der Waals surface area (Å²) < 4.78 is 5.33. The molecule has 1 heterocycles. The van der Waals surface area contributed by atoms with Gasteiger partial charge in [-0.3, -0.25) is 4.79 Å². The van der Waals surface area contributed by atoms with Crippen LogP contribution in [0, 0.1) is 13.8 Å². The van der Waals surface area contributed by atoms with Crippen LogP contribution < -0.4 is 5.73 Å². The summed E-state index contributed by atoms with van der Waals surface area (Å²) in [6, 6.07) is 1.77. The Hall–Kier alpha value is -1.29. The molecule has 4 heteroatoms. The number of carbonyl (C=O) groups excluding carboxylic acids is 1. The molecule has 2 N–H and O–H groups in total. The lowest BCUT2D eigenvalue weighted by atomic mass is 10.2. The van der Waals surface area contributed by atoms with Gasteiger partial charge in [0.2, 0.25) is 0 Å². The second-order valence-electron chi connectivity index (χ2n) is 3.50. The first-order chi connectivity index (χ1) is 7.10. The van der Waals surface area contributed by atoms with Gasteiger partial charge in [0.1, 0.15) is 11.5 Å². The molecule has 1 rings (SSSR count). The summed E-state index contributed by atoms with van der Waals surface area (Å²) in [5.41, 5.74) is 6.09. The molecule has 0 aliphatic heterocycles. The smallest absolute Gasteiger partial charge is 0.257 e. The molecule has 1 aromatic heterocycles. The van der Waals surface area contributed by atoms with Crippen LogP contribution in [-0.4, -0.2) is 30.4 Å². The lowest BCUT2D eigenvalue weighted by Gasteiger charge is -2.19. The summed E-state index contributed by atoms with van der Waals surface area (Å²) >= 11 is 0. The number of amides is 1. The van der Waals surface area contributed by atoms with Crippen LogP contribution in [0.3, 0.4) is 0 Å². The highest BCUT2D eigenvalue weighted by atomic mass is 16.3. The van der Waals surface area contributed by atoms with E-state index in [9.17, 15) is 4.79 Å². The summed E-state index contributed by atoms with van der Waals surface area (Å²) in [6.07, 6.45) is 0. The number of nitrogens with zero attached hydrogens (tertiary/aromatic N) is 1. The minimum absolute atomic E-state index is 0.00250. The quantitative estimate of drug-likeness (QED) is 0.815. The van der Waals surface area contributed by atoms with Gasteiger partial charge < -0.3 is 15.1 Å². The zero-order chi connectivity index (χ0) is 11.4. The predicted octanol–water partition coefficient (Wildman–Crippen LogP) is 1.32. The van der Waals surface area contributed by atoms with Gasteiger partial charge in [-0.1, -0.05) is 0 Å². The van der Waals surface area contributed by atoms with E-state index in [1.165, 1.54) is 0 Å². The van der Waals surface area contributed by atoms with E-state index in [-0.39, 0.29) is 5.91 Å². The summed E-state index contributed by atoms with van der Waals surface area (Å²) in [6.45, 7) is 7.31. The van der Waals surface area contributed by atoms with Gasteiger partial charge in [-0.25, -0.2) is 0 Å². The molecular formula is C11H18N2O2. The van der Waals surface area contributed by atoms with E-state index in [0.717, 1.165) is 5.76 Å². The van der Waals surface area contributed by atoms with Crippen molar-refractivity contribution in [1.29, 1.82) is 0 Å². The highest BCUT2D eigenvalue weighted by Gasteiger charge is 2.18. The zero-order valence-corrected chi connectivity index (χ0v) is 9.54. The molecule has 0 saturated heterocycles. The van der Waals surface area contributed by atoms with Crippen LogP contribution in [0.5, 0.6) is 0 Å². The van der Waals surface area contributed by atoms with E-state index in [1.807, 2.05) is 13.8 Å². The minimum atomic E-state index is -0.00250. The maximum atomic E-state index is 12.0. The van der Waals surface area contributed by atoms with Gasteiger partial charge in [0.15, 0.2) is 0 Å². The number of likely N-dealkylation sites (N-methyl/N-ethyl adjacent to an activating group) is 1. The average Bonchev–Trinajstić information content (AvgIpc) is 2.53. The number of carbonyl (C=O) groups is 1. The Morgan fingerprint density at radius 3 is 2.60 bits per heavy atom. The molecule has 4 nitrogen and oxygen atoms in total. The molecule has 0 aromatic carbocycles. The second kappa shape index (κ2) is 4.98. The Morgan fingerprint density at radius 2 is 2.20 bits per heavy atom. The molecule has 0 spiro atoms. The van der Waals surface area contributed by atoms with Gasteiger partial charge in [-0.2, -0.15) is 0 Å². The van der Waals surface area contributed by atoms with E-state index >= 15 is 0 Å². The van der Waals surface area contributed by atoms with Crippen molar-refractivity contribution >= 4 is 5.91 Å². The SMILES string of the molecule is CCN(CCN)C(=O)c1cc(C)oc1C. The van der Waals surface area contributed by atoms with Gasteiger partial charge in [-0.05, 0) is 26.8 Å². The van der Waals surface area contributed by atoms with Gasteiger partial charge >= 0.3 is 0 Å². The first-order valence-electron chi connectivity index (χ1n) is 5.16. The fourth-order valence-corrected chi connectivity index (χ4v) is 1.57. The van der Waals surface area contributed by atoms with Crippen molar-refractivity contribution in [2.75, 3.05) is 19.6 Å². The fraction of sp³-hybridized carbons (Fsp3) is 0.545. The average molecular weight is 210 g/mol.